The van der Waals surface area contributed by atoms with Crippen LogP contribution in [0.3, 0.4) is 0 Å². The van der Waals surface area contributed by atoms with Crippen LogP contribution in [-0.4, -0.2) is 57.6 Å². The zero-order valence-electron chi connectivity index (χ0n) is 14.4. The lowest BCUT2D eigenvalue weighted by Gasteiger charge is -2.57. The number of hydrogen-bond donors (Lipinski definition) is 0. The Hall–Kier alpha value is -0.130. The highest BCUT2D eigenvalue weighted by molar-refractivity contribution is 7.89. The van der Waals surface area contributed by atoms with E-state index in [1.54, 1.807) is 14.1 Å². The van der Waals surface area contributed by atoms with Gasteiger partial charge in [-0.3, -0.25) is 0 Å². The first kappa shape index (κ1) is 16.7. The molecule has 0 spiro atoms. The van der Waals surface area contributed by atoms with E-state index in [1.807, 2.05) is 0 Å². The largest absolute Gasteiger partial charge is 0.306 e. The van der Waals surface area contributed by atoms with Gasteiger partial charge in [0.05, 0.1) is 5.75 Å². The molecule has 4 fully saturated rings. The van der Waals surface area contributed by atoms with Crippen molar-refractivity contribution < 1.29 is 8.42 Å². The SMILES string of the molecule is CN(CCCS(=O)(=O)N(C)C)CC12CC3CC(CC(C3)C1)C2. The van der Waals surface area contributed by atoms with Crippen molar-refractivity contribution in [2.75, 3.05) is 40.0 Å². The smallest absolute Gasteiger partial charge is 0.213 e. The van der Waals surface area contributed by atoms with Gasteiger partial charge in [-0.2, -0.15) is 0 Å². The Balaban J connectivity index is 1.49. The summed E-state index contributed by atoms with van der Waals surface area (Å²) < 4.78 is 25.0. The maximum absolute atomic E-state index is 11.8. The molecule has 128 valence electrons. The zero-order valence-corrected chi connectivity index (χ0v) is 15.2. The third kappa shape index (κ3) is 3.51. The molecule has 0 aromatic rings. The van der Waals surface area contributed by atoms with Gasteiger partial charge in [0.2, 0.25) is 10.0 Å². The van der Waals surface area contributed by atoms with Crippen LogP contribution >= 0.6 is 0 Å². The quantitative estimate of drug-likeness (QED) is 0.720. The van der Waals surface area contributed by atoms with Crippen LogP contribution in [0.5, 0.6) is 0 Å². The molecule has 4 aliphatic rings. The van der Waals surface area contributed by atoms with E-state index >= 15 is 0 Å². The lowest BCUT2D eigenvalue weighted by molar-refractivity contribution is -0.0660. The lowest BCUT2D eigenvalue weighted by Crippen LogP contribution is -2.50. The predicted octanol–water partition coefficient (Wildman–Crippen LogP) is 2.42. The van der Waals surface area contributed by atoms with Crippen LogP contribution in [0, 0.1) is 23.2 Å². The van der Waals surface area contributed by atoms with E-state index in [0.29, 0.717) is 5.41 Å². The summed E-state index contributed by atoms with van der Waals surface area (Å²) in [6.07, 6.45) is 9.50. The number of nitrogens with zero attached hydrogens (tertiary/aromatic N) is 2. The molecule has 4 saturated carbocycles. The van der Waals surface area contributed by atoms with Crippen molar-refractivity contribution in [2.24, 2.45) is 23.2 Å². The van der Waals surface area contributed by atoms with E-state index in [-0.39, 0.29) is 5.75 Å². The molecule has 0 radical (unpaired) electrons. The fourth-order valence-electron chi connectivity index (χ4n) is 5.83. The lowest BCUT2D eigenvalue weighted by atomic mass is 9.49. The molecular weight excluding hydrogens is 296 g/mol. The number of sulfonamides is 1. The maximum Gasteiger partial charge on any atom is 0.213 e. The summed E-state index contributed by atoms with van der Waals surface area (Å²) in [6.45, 7) is 2.08. The molecule has 0 aromatic heterocycles. The molecule has 0 N–H and O–H groups in total. The Morgan fingerprint density at radius 2 is 1.45 bits per heavy atom. The molecule has 0 aromatic carbocycles. The van der Waals surface area contributed by atoms with E-state index in [2.05, 4.69) is 11.9 Å². The average molecular weight is 329 g/mol. The second-order valence-electron chi connectivity index (χ2n) is 8.61. The summed E-state index contributed by atoms with van der Waals surface area (Å²) in [5, 5.41) is 0. The highest BCUT2D eigenvalue weighted by atomic mass is 32.2. The Morgan fingerprint density at radius 1 is 0.955 bits per heavy atom. The Morgan fingerprint density at radius 3 is 1.91 bits per heavy atom. The van der Waals surface area contributed by atoms with Gasteiger partial charge in [0, 0.05) is 20.6 Å². The van der Waals surface area contributed by atoms with Crippen LogP contribution in [0.15, 0.2) is 0 Å². The second kappa shape index (κ2) is 6.06. The molecule has 0 saturated heterocycles. The number of rotatable bonds is 7. The van der Waals surface area contributed by atoms with Crippen molar-refractivity contribution in [1.82, 2.24) is 9.21 Å². The topological polar surface area (TPSA) is 40.6 Å². The molecule has 4 rings (SSSR count). The van der Waals surface area contributed by atoms with Gasteiger partial charge < -0.3 is 4.90 Å². The average Bonchev–Trinajstić information content (AvgIpc) is 2.35. The van der Waals surface area contributed by atoms with E-state index in [4.69, 9.17) is 0 Å². The van der Waals surface area contributed by atoms with Crippen molar-refractivity contribution in [3.05, 3.63) is 0 Å². The normalized spacial score (nSPS) is 37.4. The van der Waals surface area contributed by atoms with Crippen LogP contribution < -0.4 is 0 Å². The molecule has 4 aliphatic carbocycles. The van der Waals surface area contributed by atoms with Crippen LogP contribution in [0.4, 0.5) is 0 Å². The van der Waals surface area contributed by atoms with Crippen LogP contribution in [-0.2, 0) is 10.0 Å². The summed E-state index contributed by atoms with van der Waals surface area (Å²) in [5.74, 6) is 3.25. The first-order valence-corrected chi connectivity index (χ1v) is 10.5. The molecule has 0 aliphatic heterocycles. The van der Waals surface area contributed by atoms with Gasteiger partial charge in [-0.25, -0.2) is 12.7 Å². The van der Waals surface area contributed by atoms with E-state index in [9.17, 15) is 8.42 Å². The van der Waals surface area contributed by atoms with Crippen molar-refractivity contribution in [2.45, 2.75) is 44.9 Å². The maximum atomic E-state index is 11.8. The molecule has 0 amide bonds. The van der Waals surface area contributed by atoms with Crippen molar-refractivity contribution in [3.63, 3.8) is 0 Å². The molecule has 22 heavy (non-hydrogen) atoms. The molecule has 5 heteroatoms. The fourth-order valence-corrected chi connectivity index (χ4v) is 6.69. The van der Waals surface area contributed by atoms with E-state index in [0.717, 1.165) is 30.7 Å². The minimum absolute atomic E-state index is 0.269. The Kier molecular flexibility index (Phi) is 4.61. The van der Waals surface area contributed by atoms with Crippen LogP contribution in [0.2, 0.25) is 0 Å². The molecule has 0 unspecified atom stereocenters. The van der Waals surface area contributed by atoms with Gasteiger partial charge >= 0.3 is 0 Å². The third-order valence-electron chi connectivity index (χ3n) is 6.27. The standard InChI is InChI=1S/C17H32N2O2S/c1-18(2)22(20,21)6-4-5-19(3)13-17-10-14-7-15(11-17)9-16(8-14)12-17/h14-16H,4-13H2,1-3H3. The molecule has 0 heterocycles. The highest BCUT2D eigenvalue weighted by Crippen LogP contribution is 2.60. The zero-order chi connectivity index (χ0) is 16.0. The van der Waals surface area contributed by atoms with Gasteiger partial charge in [0.15, 0.2) is 0 Å². The first-order chi connectivity index (χ1) is 10.3. The van der Waals surface area contributed by atoms with Crippen molar-refractivity contribution in [1.29, 1.82) is 0 Å². The molecule has 4 bridgehead atoms. The summed E-state index contributed by atoms with van der Waals surface area (Å²) >= 11 is 0. The van der Waals surface area contributed by atoms with E-state index < -0.39 is 10.0 Å². The monoisotopic (exact) mass is 328 g/mol. The molecule has 0 atom stereocenters. The first-order valence-electron chi connectivity index (χ1n) is 8.87. The summed E-state index contributed by atoms with van der Waals surface area (Å²) in [4.78, 5) is 2.40. The van der Waals surface area contributed by atoms with E-state index in [1.165, 1.54) is 49.4 Å². The van der Waals surface area contributed by atoms with Gasteiger partial charge in [-0.1, -0.05) is 0 Å². The highest BCUT2D eigenvalue weighted by Gasteiger charge is 2.50. The van der Waals surface area contributed by atoms with Gasteiger partial charge in [-0.15, -0.1) is 0 Å². The summed E-state index contributed by atoms with van der Waals surface area (Å²) in [7, 11) is 2.38. The molecule has 4 nitrogen and oxygen atoms in total. The predicted molar refractivity (Wildman–Crippen MR) is 90.2 cm³/mol. The minimum atomic E-state index is -3.04. The fraction of sp³-hybridized carbons (Fsp3) is 1.00. The summed E-state index contributed by atoms with van der Waals surface area (Å²) in [6, 6.07) is 0. The van der Waals surface area contributed by atoms with Crippen molar-refractivity contribution >= 4 is 10.0 Å². The van der Waals surface area contributed by atoms with Gasteiger partial charge in [0.25, 0.3) is 0 Å². The summed E-state index contributed by atoms with van der Waals surface area (Å²) in [5.41, 5.74) is 0.559. The third-order valence-corrected chi connectivity index (χ3v) is 8.19. The van der Waals surface area contributed by atoms with Crippen LogP contribution in [0.1, 0.15) is 44.9 Å². The Bertz CT molecular complexity index is 466. The van der Waals surface area contributed by atoms with Gasteiger partial charge in [-0.05, 0) is 81.7 Å². The number of hydrogen-bond acceptors (Lipinski definition) is 3. The van der Waals surface area contributed by atoms with Gasteiger partial charge in [0.1, 0.15) is 0 Å². The van der Waals surface area contributed by atoms with Crippen LogP contribution in [0.25, 0.3) is 0 Å². The second-order valence-corrected chi connectivity index (χ2v) is 10.9. The molecular formula is C17H32N2O2S. The van der Waals surface area contributed by atoms with Crippen molar-refractivity contribution in [3.8, 4) is 0 Å². The minimum Gasteiger partial charge on any atom is -0.306 e. The Labute approximate surface area is 136 Å².